The van der Waals surface area contributed by atoms with Gasteiger partial charge in [-0.2, -0.15) is 0 Å². The van der Waals surface area contributed by atoms with Gasteiger partial charge in [0.2, 0.25) is 0 Å². The Morgan fingerprint density at radius 2 is 2.00 bits per heavy atom. The lowest BCUT2D eigenvalue weighted by Gasteiger charge is -2.22. The zero-order chi connectivity index (χ0) is 10.7. The fourth-order valence-corrected chi connectivity index (χ4v) is 2.13. The number of hydrogen-bond acceptors (Lipinski definition) is 3. The molecule has 0 aromatic heterocycles. The first-order valence-electron chi connectivity index (χ1n) is 5.47. The third-order valence-corrected chi connectivity index (χ3v) is 3.12. The lowest BCUT2D eigenvalue weighted by atomic mass is 10.0. The summed E-state index contributed by atoms with van der Waals surface area (Å²) in [6.45, 7) is 3.54. The maximum Gasteiger partial charge on any atom is 0.0419 e. The van der Waals surface area contributed by atoms with Crippen LogP contribution in [0.1, 0.15) is 12.0 Å². The zero-order valence-corrected chi connectivity index (χ0v) is 9.02. The van der Waals surface area contributed by atoms with Crippen LogP contribution in [-0.2, 0) is 6.54 Å². The highest BCUT2D eigenvalue weighted by molar-refractivity contribution is 5.15. The topological polar surface area (TPSA) is 55.3 Å². The largest absolute Gasteiger partial charge is 0.329 e. The number of hydrogen-bond donors (Lipinski definition) is 2. The number of nitrogens with zero attached hydrogens (tertiary/aromatic N) is 1. The van der Waals surface area contributed by atoms with Gasteiger partial charge in [-0.1, -0.05) is 30.3 Å². The number of rotatable bonds is 3. The summed E-state index contributed by atoms with van der Waals surface area (Å²) >= 11 is 0. The Morgan fingerprint density at radius 1 is 1.27 bits per heavy atom. The van der Waals surface area contributed by atoms with Crippen molar-refractivity contribution in [2.45, 2.75) is 18.5 Å². The van der Waals surface area contributed by atoms with E-state index in [1.165, 1.54) is 5.56 Å². The van der Waals surface area contributed by atoms with Gasteiger partial charge in [0.25, 0.3) is 0 Å². The summed E-state index contributed by atoms with van der Waals surface area (Å²) in [6.07, 6.45) is 1.01. The maximum atomic E-state index is 6.14. The van der Waals surface area contributed by atoms with Crippen LogP contribution >= 0.6 is 0 Å². The van der Waals surface area contributed by atoms with E-state index >= 15 is 0 Å². The zero-order valence-electron chi connectivity index (χ0n) is 9.02. The second-order valence-electron chi connectivity index (χ2n) is 4.51. The Labute approximate surface area is 91.1 Å². The van der Waals surface area contributed by atoms with Crippen LogP contribution in [0.5, 0.6) is 0 Å². The van der Waals surface area contributed by atoms with Gasteiger partial charge >= 0.3 is 0 Å². The van der Waals surface area contributed by atoms with Gasteiger partial charge in [-0.15, -0.1) is 0 Å². The molecule has 15 heavy (non-hydrogen) atoms. The third kappa shape index (κ3) is 2.56. The molecular formula is C12H19N3. The molecule has 1 fully saturated rings. The molecule has 0 saturated carbocycles. The number of likely N-dealkylation sites (tertiary alicyclic amines) is 1. The summed E-state index contributed by atoms with van der Waals surface area (Å²) in [4.78, 5) is 2.38. The van der Waals surface area contributed by atoms with Crippen molar-refractivity contribution >= 4 is 0 Å². The summed E-state index contributed by atoms with van der Waals surface area (Å²) < 4.78 is 0. The fraction of sp³-hybridized carbons (Fsp3) is 0.500. The van der Waals surface area contributed by atoms with Crippen LogP contribution in [0.2, 0.25) is 0 Å². The molecule has 3 nitrogen and oxygen atoms in total. The third-order valence-electron chi connectivity index (χ3n) is 3.12. The van der Waals surface area contributed by atoms with Crippen molar-refractivity contribution in [2.75, 3.05) is 19.6 Å². The summed E-state index contributed by atoms with van der Waals surface area (Å²) in [7, 11) is 0. The van der Waals surface area contributed by atoms with Crippen LogP contribution in [0.3, 0.4) is 0 Å². The van der Waals surface area contributed by atoms with Crippen molar-refractivity contribution in [3.8, 4) is 0 Å². The van der Waals surface area contributed by atoms with E-state index in [1.807, 2.05) is 6.07 Å². The first kappa shape index (κ1) is 10.6. The van der Waals surface area contributed by atoms with E-state index in [9.17, 15) is 0 Å². The molecule has 1 aromatic carbocycles. The molecule has 1 atom stereocenters. The Morgan fingerprint density at radius 3 is 2.60 bits per heavy atom. The molecule has 1 aromatic rings. The number of nitrogens with two attached hydrogens (primary N) is 2. The molecule has 1 heterocycles. The molecule has 1 unspecified atom stereocenters. The van der Waals surface area contributed by atoms with E-state index in [2.05, 4.69) is 29.2 Å². The molecular weight excluding hydrogens is 186 g/mol. The Kier molecular flexibility index (Phi) is 3.05. The lowest BCUT2D eigenvalue weighted by molar-refractivity contribution is 0.305. The Hall–Kier alpha value is -0.900. The van der Waals surface area contributed by atoms with E-state index in [-0.39, 0.29) is 5.54 Å². The van der Waals surface area contributed by atoms with Crippen LogP contribution in [0.25, 0.3) is 0 Å². The van der Waals surface area contributed by atoms with E-state index < -0.39 is 0 Å². The molecule has 82 valence electrons. The predicted octanol–water partition coefficient (Wildman–Crippen LogP) is 0.549. The average Bonchev–Trinajstić information content (AvgIpc) is 2.63. The maximum absolute atomic E-state index is 6.14. The monoisotopic (exact) mass is 205 g/mol. The molecule has 0 bridgehead atoms. The Bertz CT molecular complexity index is 312. The summed E-state index contributed by atoms with van der Waals surface area (Å²) in [6, 6.07) is 10.5. The van der Waals surface area contributed by atoms with Crippen LogP contribution < -0.4 is 11.5 Å². The Balaban J connectivity index is 1.93. The fourth-order valence-electron chi connectivity index (χ4n) is 2.13. The SMILES string of the molecule is NCC1(N)CCN(Cc2ccccc2)C1. The van der Waals surface area contributed by atoms with Gasteiger partial charge in [-0.05, 0) is 12.0 Å². The standard InChI is InChI=1S/C12H19N3/c13-9-12(14)6-7-15(10-12)8-11-4-2-1-3-5-11/h1-5H,6-10,13-14H2. The molecule has 1 aliphatic heterocycles. The van der Waals surface area contributed by atoms with Crippen LogP contribution in [0.15, 0.2) is 30.3 Å². The molecule has 0 radical (unpaired) electrons. The van der Waals surface area contributed by atoms with E-state index in [1.54, 1.807) is 0 Å². The first-order chi connectivity index (χ1) is 7.22. The predicted molar refractivity (Wildman–Crippen MR) is 62.3 cm³/mol. The number of benzene rings is 1. The second kappa shape index (κ2) is 4.31. The molecule has 0 spiro atoms. The highest BCUT2D eigenvalue weighted by Gasteiger charge is 2.32. The van der Waals surface area contributed by atoms with Crippen LogP contribution in [-0.4, -0.2) is 30.1 Å². The lowest BCUT2D eigenvalue weighted by Crippen LogP contribution is -2.49. The van der Waals surface area contributed by atoms with Gasteiger partial charge in [-0.3, -0.25) is 4.90 Å². The van der Waals surface area contributed by atoms with Crippen molar-refractivity contribution in [1.82, 2.24) is 4.90 Å². The van der Waals surface area contributed by atoms with Gasteiger partial charge in [0.15, 0.2) is 0 Å². The van der Waals surface area contributed by atoms with Crippen molar-refractivity contribution in [1.29, 1.82) is 0 Å². The molecule has 2 rings (SSSR count). The van der Waals surface area contributed by atoms with Gasteiger partial charge in [0.05, 0.1) is 0 Å². The molecule has 1 aliphatic rings. The van der Waals surface area contributed by atoms with Gasteiger partial charge in [0.1, 0.15) is 0 Å². The molecule has 3 heteroatoms. The average molecular weight is 205 g/mol. The minimum absolute atomic E-state index is 0.158. The van der Waals surface area contributed by atoms with Crippen molar-refractivity contribution in [3.63, 3.8) is 0 Å². The minimum Gasteiger partial charge on any atom is -0.329 e. The minimum atomic E-state index is -0.158. The van der Waals surface area contributed by atoms with Crippen LogP contribution in [0, 0.1) is 0 Å². The van der Waals surface area contributed by atoms with E-state index in [0.717, 1.165) is 26.1 Å². The summed E-state index contributed by atoms with van der Waals surface area (Å²) in [5, 5.41) is 0. The smallest absolute Gasteiger partial charge is 0.0419 e. The molecule has 0 aliphatic carbocycles. The van der Waals surface area contributed by atoms with Gasteiger partial charge in [0, 0.05) is 31.7 Å². The van der Waals surface area contributed by atoms with E-state index in [4.69, 9.17) is 11.5 Å². The van der Waals surface area contributed by atoms with Crippen molar-refractivity contribution < 1.29 is 0 Å². The first-order valence-corrected chi connectivity index (χ1v) is 5.47. The highest BCUT2D eigenvalue weighted by Crippen LogP contribution is 2.19. The quantitative estimate of drug-likeness (QED) is 0.757. The van der Waals surface area contributed by atoms with Crippen molar-refractivity contribution in [3.05, 3.63) is 35.9 Å². The normalized spacial score (nSPS) is 27.1. The molecule has 1 saturated heterocycles. The molecule has 4 N–H and O–H groups in total. The van der Waals surface area contributed by atoms with Crippen LogP contribution in [0.4, 0.5) is 0 Å². The summed E-state index contributed by atoms with van der Waals surface area (Å²) in [5.41, 5.74) is 13.0. The highest BCUT2D eigenvalue weighted by atomic mass is 15.2. The van der Waals surface area contributed by atoms with Crippen molar-refractivity contribution in [2.24, 2.45) is 11.5 Å². The summed E-state index contributed by atoms with van der Waals surface area (Å²) in [5.74, 6) is 0. The second-order valence-corrected chi connectivity index (χ2v) is 4.51. The molecule has 0 amide bonds. The van der Waals surface area contributed by atoms with E-state index in [0.29, 0.717) is 6.54 Å². The van der Waals surface area contributed by atoms with Gasteiger partial charge < -0.3 is 11.5 Å². The van der Waals surface area contributed by atoms with Gasteiger partial charge in [-0.25, -0.2) is 0 Å².